The normalized spacial score (nSPS) is 10.3. The maximum atomic E-state index is 13.1. The first-order chi connectivity index (χ1) is 11.4. The number of rotatable bonds is 6. The van der Waals surface area contributed by atoms with E-state index in [4.69, 9.17) is 4.74 Å². The molecule has 2 aromatic carbocycles. The van der Waals surface area contributed by atoms with Gasteiger partial charge in [0.05, 0.1) is 11.3 Å². The van der Waals surface area contributed by atoms with E-state index in [-0.39, 0.29) is 35.9 Å². The van der Waals surface area contributed by atoms with Gasteiger partial charge in [-0.3, -0.25) is 4.79 Å². The molecule has 0 aliphatic carbocycles. The number of hydrogen-bond donors (Lipinski definition) is 2. The lowest BCUT2D eigenvalue weighted by molar-refractivity contribution is -0.115. The molecule has 1 amide bonds. The molecule has 0 aliphatic heterocycles. The summed E-state index contributed by atoms with van der Waals surface area (Å²) in [5.74, 6) is -3.39. The number of amides is 1. The highest BCUT2D eigenvalue weighted by Crippen LogP contribution is 2.21. The Morgan fingerprint density at radius 1 is 1.12 bits per heavy atom. The minimum Gasteiger partial charge on any atom is -0.489 e. The number of carbonyl (C=O) groups excluding carboxylic acids is 1. The van der Waals surface area contributed by atoms with Crippen molar-refractivity contribution in [3.05, 3.63) is 59.2 Å². The minimum atomic E-state index is -1.20. The van der Waals surface area contributed by atoms with E-state index in [2.05, 4.69) is 5.32 Å². The van der Waals surface area contributed by atoms with Crippen LogP contribution in [0.3, 0.4) is 0 Å². The molecule has 0 heterocycles. The van der Waals surface area contributed by atoms with E-state index >= 15 is 0 Å². The van der Waals surface area contributed by atoms with Gasteiger partial charge in [0, 0.05) is 12.5 Å². The second-order valence-corrected chi connectivity index (χ2v) is 4.95. The summed E-state index contributed by atoms with van der Waals surface area (Å²) in [7, 11) is 0. The first kappa shape index (κ1) is 17.4. The number of carboxylic acid groups (broad SMARTS) is 1. The highest BCUT2D eigenvalue weighted by Gasteiger charge is 2.13. The molecule has 0 unspecified atom stereocenters. The fourth-order valence-electron chi connectivity index (χ4n) is 1.94. The predicted molar refractivity (Wildman–Crippen MR) is 83.0 cm³/mol. The van der Waals surface area contributed by atoms with Crippen LogP contribution in [0.2, 0.25) is 0 Å². The summed E-state index contributed by atoms with van der Waals surface area (Å²) in [6.07, 6.45) is 0.222. The molecule has 126 valence electrons. The van der Waals surface area contributed by atoms with Gasteiger partial charge in [-0.05, 0) is 29.8 Å². The molecule has 0 saturated carbocycles. The molecule has 2 aromatic rings. The third-order valence-corrected chi connectivity index (χ3v) is 3.21. The molecule has 0 spiro atoms. The zero-order chi connectivity index (χ0) is 17.7. The quantitative estimate of drug-likeness (QED) is 0.846. The van der Waals surface area contributed by atoms with E-state index in [0.29, 0.717) is 5.56 Å². The van der Waals surface area contributed by atoms with Crippen molar-refractivity contribution in [2.24, 2.45) is 0 Å². The van der Waals surface area contributed by atoms with E-state index in [0.717, 1.165) is 12.1 Å². The van der Waals surface area contributed by atoms with Crippen LogP contribution in [0.4, 0.5) is 14.5 Å². The first-order valence-electron chi connectivity index (χ1n) is 7.14. The SMILES string of the molecule is CCC(=O)Nc1ccc(COc2ccc(F)c(F)c2)cc1C(=O)O. The topological polar surface area (TPSA) is 75.6 Å². The highest BCUT2D eigenvalue weighted by molar-refractivity contribution is 6.00. The number of carbonyl (C=O) groups is 2. The molecule has 5 nitrogen and oxygen atoms in total. The molecule has 2 N–H and O–H groups in total. The number of anilines is 1. The summed E-state index contributed by atoms with van der Waals surface area (Å²) in [6.45, 7) is 1.62. The van der Waals surface area contributed by atoms with Gasteiger partial charge in [-0.2, -0.15) is 0 Å². The Balaban J connectivity index is 2.15. The molecule has 0 radical (unpaired) electrons. The summed E-state index contributed by atoms with van der Waals surface area (Å²) >= 11 is 0. The van der Waals surface area contributed by atoms with Crippen LogP contribution in [0.5, 0.6) is 5.75 Å². The van der Waals surface area contributed by atoms with Crippen LogP contribution in [-0.2, 0) is 11.4 Å². The number of nitrogens with one attached hydrogen (secondary N) is 1. The van der Waals surface area contributed by atoms with Gasteiger partial charge in [0.2, 0.25) is 5.91 Å². The molecule has 0 saturated heterocycles. The molecular weight excluding hydrogens is 320 g/mol. The van der Waals surface area contributed by atoms with Crippen molar-refractivity contribution in [2.45, 2.75) is 20.0 Å². The predicted octanol–water partition coefficient (Wildman–Crippen LogP) is 3.59. The number of hydrogen-bond acceptors (Lipinski definition) is 3. The van der Waals surface area contributed by atoms with Gasteiger partial charge in [0.1, 0.15) is 12.4 Å². The van der Waals surface area contributed by atoms with Crippen LogP contribution >= 0.6 is 0 Å². The van der Waals surface area contributed by atoms with Gasteiger partial charge in [-0.1, -0.05) is 13.0 Å². The van der Waals surface area contributed by atoms with Crippen molar-refractivity contribution in [3.8, 4) is 5.75 Å². The van der Waals surface area contributed by atoms with Crippen molar-refractivity contribution in [3.63, 3.8) is 0 Å². The fraction of sp³-hybridized carbons (Fsp3) is 0.176. The molecule has 0 aromatic heterocycles. The largest absolute Gasteiger partial charge is 0.489 e. The molecule has 0 bridgehead atoms. The lowest BCUT2D eigenvalue weighted by Gasteiger charge is -2.11. The molecule has 0 fully saturated rings. The smallest absolute Gasteiger partial charge is 0.337 e. The molecular formula is C17H15F2NO4. The van der Waals surface area contributed by atoms with Crippen LogP contribution in [0.1, 0.15) is 29.3 Å². The highest BCUT2D eigenvalue weighted by atomic mass is 19.2. The molecule has 0 aliphatic rings. The third kappa shape index (κ3) is 4.28. The summed E-state index contributed by atoms with van der Waals surface area (Å²) in [6, 6.07) is 7.51. The van der Waals surface area contributed by atoms with E-state index in [1.54, 1.807) is 13.0 Å². The Kier molecular flexibility index (Phi) is 5.47. The van der Waals surface area contributed by atoms with E-state index in [1.165, 1.54) is 18.2 Å². The van der Waals surface area contributed by atoms with Crippen molar-refractivity contribution >= 4 is 17.6 Å². The zero-order valence-electron chi connectivity index (χ0n) is 12.8. The van der Waals surface area contributed by atoms with Crippen LogP contribution in [0, 0.1) is 11.6 Å². The van der Waals surface area contributed by atoms with E-state index < -0.39 is 17.6 Å². The monoisotopic (exact) mass is 335 g/mol. The molecule has 2 rings (SSSR count). The maximum Gasteiger partial charge on any atom is 0.337 e. The van der Waals surface area contributed by atoms with Crippen molar-refractivity contribution < 1.29 is 28.2 Å². The second-order valence-electron chi connectivity index (χ2n) is 4.95. The number of ether oxygens (including phenoxy) is 1. The summed E-state index contributed by atoms with van der Waals surface area (Å²) < 4.78 is 31.3. The maximum absolute atomic E-state index is 13.1. The number of aromatic carboxylic acids is 1. The van der Waals surface area contributed by atoms with Crippen LogP contribution in [0.25, 0.3) is 0 Å². The summed E-state index contributed by atoms with van der Waals surface area (Å²) in [5, 5.41) is 11.7. The number of halogens is 2. The van der Waals surface area contributed by atoms with Crippen LogP contribution < -0.4 is 10.1 Å². The van der Waals surface area contributed by atoms with Gasteiger partial charge >= 0.3 is 5.97 Å². The Labute approximate surface area is 136 Å². The molecule has 24 heavy (non-hydrogen) atoms. The lowest BCUT2D eigenvalue weighted by Crippen LogP contribution is -2.13. The number of benzene rings is 2. The Bertz CT molecular complexity index is 777. The average Bonchev–Trinajstić information content (AvgIpc) is 2.56. The van der Waals surface area contributed by atoms with Gasteiger partial charge in [-0.15, -0.1) is 0 Å². The molecule has 0 atom stereocenters. The summed E-state index contributed by atoms with van der Waals surface area (Å²) in [5.41, 5.74) is 0.612. The van der Waals surface area contributed by atoms with Crippen molar-refractivity contribution in [1.29, 1.82) is 0 Å². The third-order valence-electron chi connectivity index (χ3n) is 3.21. The molecule has 7 heteroatoms. The average molecular weight is 335 g/mol. The zero-order valence-corrected chi connectivity index (χ0v) is 12.8. The number of carboxylic acids is 1. The first-order valence-corrected chi connectivity index (χ1v) is 7.14. The van der Waals surface area contributed by atoms with Gasteiger partial charge in [0.15, 0.2) is 11.6 Å². The van der Waals surface area contributed by atoms with Gasteiger partial charge < -0.3 is 15.2 Å². The lowest BCUT2D eigenvalue weighted by atomic mass is 10.1. The summed E-state index contributed by atoms with van der Waals surface area (Å²) in [4.78, 5) is 22.7. The van der Waals surface area contributed by atoms with Crippen LogP contribution in [-0.4, -0.2) is 17.0 Å². The minimum absolute atomic E-state index is 0.0344. The van der Waals surface area contributed by atoms with Crippen molar-refractivity contribution in [2.75, 3.05) is 5.32 Å². The Morgan fingerprint density at radius 2 is 1.88 bits per heavy atom. The Hall–Kier alpha value is -2.96. The van der Waals surface area contributed by atoms with Crippen LogP contribution in [0.15, 0.2) is 36.4 Å². The standard InChI is InChI=1S/C17H15F2NO4/c1-2-16(21)20-15-6-3-10(7-12(15)17(22)23)9-24-11-4-5-13(18)14(19)8-11/h3-8H,2,9H2,1H3,(H,20,21)(H,22,23). The van der Waals surface area contributed by atoms with Gasteiger partial charge in [0.25, 0.3) is 0 Å². The van der Waals surface area contributed by atoms with Gasteiger partial charge in [-0.25, -0.2) is 13.6 Å². The second kappa shape index (κ2) is 7.54. The van der Waals surface area contributed by atoms with E-state index in [1.807, 2.05) is 0 Å². The fourth-order valence-corrected chi connectivity index (χ4v) is 1.94. The van der Waals surface area contributed by atoms with Crippen molar-refractivity contribution in [1.82, 2.24) is 0 Å². The Morgan fingerprint density at radius 3 is 2.50 bits per heavy atom. The van der Waals surface area contributed by atoms with E-state index in [9.17, 15) is 23.5 Å².